The maximum absolute atomic E-state index is 12.5. The summed E-state index contributed by atoms with van der Waals surface area (Å²) in [6.07, 6.45) is 3.04. The minimum absolute atomic E-state index is 0.0509. The van der Waals surface area contributed by atoms with E-state index in [1.807, 2.05) is 33.2 Å². The molecule has 1 amide bonds. The Balaban J connectivity index is 2.21. The molecule has 7 heteroatoms. The van der Waals surface area contributed by atoms with Gasteiger partial charge in [-0.05, 0) is 26.0 Å². The van der Waals surface area contributed by atoms with Gasteiger partial charge in [-0.15, -0.1) is 0 Å². The maximum atomic E-state index is 12.5. The lowest BCUT2D eigenvalue weighted by Crippen LogP contribution is -2.60. The normalized spacial score (nSPS) is 24.9. The fraction of sp³-hybridized carbons (Fsp3) is 0.615. The molecule has 0 spiro atoms. The average Bonchev–Trinajstić information content (AvgIpc) is 2.76. The van der Waals surface area contributed by atoms with Crippen molar-refractivity contribution < 1.29 is 13.2 Å². The molecule has 0 unspecified atom stereocenters. The Morgan fingerprint density at radius 2 is 1.90 bits per heavy atom. The van der Waals surface area contributed by atoms with Crippen LogP contribution in [0.15, 0.2) is 18.3 Å². The summed E-state index contributed by atoms with van der Waals surface area (Å²) in [5.74, 6) is -0.0509. The van der Waals surface area contributed by atoms with Crippen LogP contribution < -0.4 is 0 Å². The Bertz CT molecular complexity index is 608. The second-order valence-corrected chi connectivity index (χ2v) is 7.29. The van der Waals surface area contributed by atoms with E-state index in [-0.39, 0.29) is 18.0 Å². The Morgan fingerprint density at radius 1 is 1.25 bits per heavy atom. The van der Waals surface area contributed by atoms with Gasteiger partial charge in [-0.3, -0.25) is 4.79 Å². The number of hydrogen-bond acceptors (Lipinski definition) is 3. The molecule has 0 aromatic carbocycles. The summed E-state index contributed by atoms with van der Waals surface area (Å²) in [4.78, 5) is 14.3. The van der Waals surface area contributed by atoms with Crippen molar-refractivity contribution in [2.75, 3.05) is 19.3 Å². The van der Waals surface area contributed by atoms with Gasteiger partial charge in [0, 0.05) is 38.4 Å². The van der Waals surface area contributed by atoms with E-state index in [0.29, 0.717) is 18.8 Å². The fourth-order valence-corrected chi connectivity index (χ4v) is 3.89. The van der Waals surface area contributed by atoms with Crippen molar-refractivity contribution in [3.05, 3.63) is 24.0 Å². The van der Waals surface area contributed by atoms with Gasteiger partial charge in [-0.1, -0.05) is 0 Å². The first kappa shape index (κ1) is 15.1. The highest BCUT2D eigenvalue weighted by atomic mass is 32.2. The van der Waals surface area contributed by atoms with E-state index in [9.17, 15) is 13.2 Å². The molecule has 1 aliphatic rings. The molecule has 1 saturated heterocycles. The first-order valence-corrected chi connectivity index (χ1v) is 8.47. The number of nitrogens with zero attached hydrogens (tertiary/aromatic N) is 3. The standard InChI is InChI=1S/C13H21N3O3S/c1-10-11(2)16(20(4,18)19)9-8-15(10)13(17)12-6-5-7-14(12)3/h5-7,10-11H,8-9H2,1-4H3/t10-,11-/m1/s1. The van der Waals surface area contributed by atoms with Crippen molar-refractivity contribution in [3.8, 4) is 0 Å². The lowest BCUT2D eigenvalue weighted by Gasteiger charge is -2.43. The van der Waals surface area contributed by atoms with Crippen molar-refractivity contribution >= 4 is 15.9 Å². The molecule has 1 aromatic rings. The molecule has 0 radical (unpaired) electrons. The summed E-state index contributed by atoms with van der Waals surface area (Å²) in [7, 11) is -1.40. The minimum atomic E-state index is -3.23. The zero-order chi connectivity index (χ0) is 15.1. The molecular weight excluding hydrogens is 278 g/mol. The molecule has 6 nitrogen and oxygen atoms in total. The zero-order valence-electron chi connectivity index (χ0n) is 12.3. The van der Waals surface area contributed by atoms with Crippen LogP contribution in [0.4, 0.5) is 0 Å². The van der Waals surface area contributed by atoms with Gasteiger partial charge < -0.3 is 9.47 Å². The molecule has 112 valence electrons. The summed E-state index contributed by atoms with van der Waals surface area (Å²) in [6.45, 7) is 4.50. The Morgan fingerprint density at radius 3 is 2.40 bits per heavy atom. The summed E-state index contributed by atoms with van der Waals surface area (Å²) < 4.78 is 26.7. The van der Waals surface area contributed by atoms with Crippen LogP contribution in [0, 0.1) is 0 Å². The van der Waals surface area contributed by atoms with E-state index in [2.05, 4.69) is 0 Å². The molecule has 2 atom stereocenters. The van der Waals surface area contributed by atoms with Gasteiger partial charge in [-0.25, -0.2) is 8.42 Å². The second-order valence-electron chi connectivity index (χ2n) is 5.36. The number of hydrogen-bond donors (Lipinski definition) is 0. The quantitative estimate of drug-likeness (QED) is 0.800. The van der Waals surface area contributed by atoms with Crippen LogP contribution in [0.2, 0.25) is 0 Å². The van der Waals surface area contributed by atoms with E-state index in [1.54, 1.807) is 15.5 Å². The van der Waals surface area contributed by atoms with Gasteiger partial charge in [-0.2, -0.15) is 4.31 Å². The summed E-state index contributed by atoms with van der Waals surface area (Å²) in [6, 6.07) is 3.24. The van der Waals surface area contributed by atoms with Gasteiger partial charge >= 0.3 is 0 Å². The van der Waals surface area contributed by atoms with Gasteiger partial charge in [0.05, 0.1) is 6.26 Å². The van der Waals surface area contributed by atoms with Gasteiger partial charge in [0.2, 0.25) is 10.0 Å². The van der Waals surface area contributed by atoms with E-state index >= 15 is 0 Å². The van der Waals surface area contributed by atoms with E-state index in [0.717, 1.165) is 0 Å². The van der Waals surface area contributed by atoms with Crippen LogP contribution in [-0.4, -0.2) is 59.5 Å². The molecule has 0 aliphatic carbocycles. The maximum Gasteiger partial charge on any atom is 0.270 e. The molecule has 0 saturated carbocycles. The van der Waals surface area contributed by atoms with E-state index < -0.39 is 10.0 Å². The van der Waals surface area contributed by atoms with Crippen LogP contribution in [-0.2, 0) is 17.1 Å². The highest BCUT2D eigenvalue weighted by molar-refractivity contribution is 7.88. The molecule has 0 N–H and O–H groups in total. The van der Waals surface area contributed by atoms with Gasteiger partial charge in [0.15, 0.2) is 0 Å². The van der Waals surface area contributed by atoms with Crippen molar-refractivity contribution in [2.45, 2.75) is 25.9 Å². The number of amides is 1. The smallest absolute Gasteiger partial charge is 0.270 e. The van der Waals surface area contributed by atoms with Crippen molar-refractivity contribution in [1.82, 2.24) is 13.8 Å². The van der Waals surface area contributed by atoms with Gasteiger partial charge in [0.1, 0.15) is 5.69 Å². The summed E-state index contributed by atoms with van der Waals surface area (Å²) in [5.41, 5.74) is 0.622. The number of aryl methyl sites for hydroxylation is 1. The molecule has 1 aromatic heterocycles. The Labute approximate surface area is 120 Å². The minimum Gasteiger partial charge on any atom is -0.347 e. The third-order valence-electron chi connectivity index (χ3n) is 4.06. The number of aromatic nitrogens is 1. The molecule has 2 rings (SSSR count). The molecule has 0 bridgehead atoms. The number of carbonyl (C=O) groups excluding carboxylic acids is 1. The number of rotatable bonds is 2. The molecule has 20 heavy (non-hydrogen) atoms. The SMILES string of the molecule is C[C@@H]1[C@@H](C)N(S(C)(=O)=O)CCN1C(=O)c1cccn1C. The molecule has 2 heterocycles. The Hall–Kier alpha value is -1.34. The van der Waals surface area contributed by atoms with Crippen LogP contribution in [0.25, 0.3) is 0 Å². The van der Waals surface area contributed by atoms with Crippen LogP contribution in [0.3, 0.4) is 0 Å². The zero-order valence-corrected chi connectivity index (χ0v) is 13.1. The van der Waals surface area contributed by atoms with Crippen molar-refractivity contribution in [3.63, 3.8) is 0 Å². The highest BCUT2D eigenvalue weighted by Crippen LogP contribution is 2.21. The highest BCUT2D eigenvalue weighted by Gasteiger charge is 2.37. The van der Waals surface area contributed by atoms with Crippen LogP contribution in [0.1, 0.15) is 24.3 Å². The number of carbonyl (C=O) groups is 1. The van der Waals surface area contributed by atoms with E-state index in [1.165, 1.54) is 10.6 Å². The van der Waals surface area contributed by atoms with Crippen molar-refractivity contribution in [1.29, 1.82) is 0 Å². The van der Waals surface area contributed by atoms with E-state index in [4.69, 9.17) is 0 Å². The fourth-order valence-electron chi connectivity index (χ4n) is 2.70. The lowest BCUT2D eigenvalue weighted by atomic mass is 10.1. The second kappa shape index (κ2) is 5.21. The largest absolute Gasteiger partial charge is 0.347 e. The average molecular weight is 299 g/mol. The molecule has 1 aliphatic heterocycles. The lowest BCUT2D eigenvalue weighted by molar-refractivity contribution is 0.0475. The summed E-state index contributed by atoms with van der Waals surface area (Å²) >= 11 is 0. The predicted octanol–water partition coefficient (Wildman–Crippen LogP) is 0.520. The topological polar surface area (TPSA) is 62.6 Å². The molecular formula is C13H21N3O3S. The first-order chi connectivity index (χ1) is 9.23. The van der Waals surface area contributed by atoms with Gasteiger partial charge in [0.25, 0.3) is 5.91 Å². The summed E-state index contributed by atoms with van der Waals surface area (Å²) in [5, 5.41) is 0. The third-order valence-corrected chi connectivity index (χ3v) is 5.42. The number of sulfonamides is 1. The third kappa shape index (κ3) is 2.60. The Kier molecular flexibility index (Phi) is 3.93. The van der Waals surface area contributed by atoms with Crippen LogP contribution >= 0.6 is 0 Å². The first-order valence-electron chi connectivity index (χ1n) is 6.62. The monoisotopic (exact) mass is 299 g/mol. The number of piperazine rings is 1. The molecule has 1 fully saturated rings. The van der Waals surface area contributed by atoms with Crippen LogP contribution in [0.5, 0.6) is 0 Å². The predicted molar refractivity (Wildman–Crippen MR) is 76.9 cm³/mol. The van der Waals surface area contributed by atoms with Crippen molar-refractivity contribution in [2.24, 2.45) is 7.05 Å².